The molecule has 0 aliphatic rings. The minimum absolute atomic E-state index is 0.0369. The van der Waals surface area contributed by atoms with Gasteiger partial charge in [0.15, 0.2) is 0 Å². The van der Waals surface area contributed by atoms with Crippen LogP contribution in [0.1, 0.15) is 60.1 Å². The molecule has 0 spiro atoms. The third kappa shape index (κ3) is 5.19. The van der Waals surface area contributed by atoms with Crippen LogP contribution in [0.2, 0.25) is 0 Å². The second-order valence-electron chi connectivity index (χ2n) is 8.43. The number of amides is 1. The lowest BCUT2D eigenvalue weighted by Gasteiger charge is -2.21. The van der Waals surface area contributed by atoms with Gasteiger partial charge in [0.05, 0.1) is 28.3 Å². The molecule has 6 nitrogen and oxygen atoms in total. The summed E-state index contributed by atoms with van der Waals surface area (Å²) < 4.78 is 13.6. The lowest BCUT2D eigenvalue weighted by molar-refractivity contribution is 0.0945. The maximum Gasteiger partial charge on any atom is 0.271 e. The molecule has 0 aliphatic carbocycles. The Balaban J connectivity index is 1.25. The van der Waals surface area contributed by atoms with Crippen molar-refractivity contribution in [1.29, 1.82) is 0 Å². The van der Waals surface area contributed by atoms with Crippen molar-refractivity contribution in [3.05, 3.63) is 76.0 Å². The second kappa shape index (κ2) is 9.56. The van der Waals surface area contributed by atoms with E-state index < -0.39 is 5.82 Å². The third-order valence-electron chi connectivity index (χ3n) is 5.51. The van der Waals surface area contributed by atoms with E-state index in [1.807, 2.05) is 24.3 Å². The van der Waals surface area contributed by atoms with E-state index in [0.29, 0.717) is 5.69 Å². The number of aromatic amines is 1. The number of H-pyrrole nitrogens is 1. The van der Waals surface area contributed by atoms with Crippen molar-refractivity contribution >= 4 is 28.3 Å². The predicted molar refractivity (Wildman–Crippen MR) is 124 cm³/mol. The van der Waals surface area contributed by atoms with Crippen molar-refractivity contribution in [1.82, 2.24) is 25.3 Å². The number of imidazole rings is 1. The summed E-state index contributed by atoms with van der Waals surface area (Å²) in [4.78, 5) is 28.9. The van der Waals surface area contributed by atoms with E-state index in [1.165, 1.54) is 29.7 Å². The Labute approximate surface area is 190 Å². The van der Waals surface area contributed by atoms with Gasteiger partial charge in [0, 0.05) is 17.0 Å². The van der Waals surface area contributed by atoms with E-state index in [4.69, 9.17) is 4.98 Å². The van der Waals surface area contributed by atoms with Crippen LogP contribution in [-0.4, -0.2) is 25.8 Å². The van der Waals surface area contributed by atoms with E-state index in [0.717, 1.165) is 47.5 Å². The molecule has 2 N–H and O–H groups in total. The Kier molecular flexibility index (Phi) is 6.60. The molecule has 166 valence electrons. The van der Waals surface area contributed by atoms with E-state index >= 15 is 0 Å². The number of aryl methyl sites for hydroxylation is 1. The minimum atomic E-state index is -0.433. The van der Waals surface area contributed by atoms with Crippen LogP contribution in [0.15, 0.2) is 48.0 Å². The molecule has 0 saturated heterocycles. The van der Waals surface area contributed by atoms with Gasteiger partial charge >= 0.3 is 0 Å². The zero-order valence-corrected chi connectivity index (χ0v) is 19.0. The molecule has 0 saturated carbocycles. The largest absolute Gasteiger partial charge is 0.345 e. The molecule has 8 heteroatoms. The van der Waals surface area contributed by atoms with Crippen molar-refractivity contribution in [2.75, 3.05) is 0 Å². The van der Waals surface area contributed by atoms with E-state index in [9.17, 15) is 9.18 Å². The molecule has 0 fully saturated rings. The van der Waals surface area contributed by atoms with E-state index in [-0.39, 0.29) is 23.6 Å². The van der Waals surface area contributed by atoms with E-state index in [1.54, 1.807) is 5.38 Å². The molecule has 1 aromatic carbocycles. The maximum absolute atomic E-state index is 13.6. The van der Waals surface area contributed by atoms with Gasteiger partial charge in [-0.1, -0.05) is 32.4 Å². The van der Waals surface area contributed by atoms with Crippen molar-refractivity contribution in [2.45, 2.75) is 51.5 Å². The first-order chi connectivity index (χ1) is 15.4. The highest BCUT2D eigenvalue weighted by molar-refractivity contribution is 7.09. The zero-order chi connectivity index (χ0) is 22.6. The molecule has 32 heavy (non-hydrogen) atoms. The molecular weight excluding hydrogens is 425 g/mol. The fourth-order valence-corrected chi connectivity index (χ4v) is 4.39. The van der Waals surface area contributed by atoms with Gasteiger partial charge in [0.2, 0.25) is 0 Å². The summed E-state index contributed by atoms with van der Waals surface area (Å²) in [6, 6.07) is 10.9. The van der Waals surface area contributed by atoms with Gasteiger partial charge in [-0.15, -0.1) is 11.3 Å². The number of hydrogen-bond donors (Lipinski definition) is 2. The molecule has 4 aromatic rings. The summed E-state index contributed by atoms with van der Waals surface area (Å²) >= 11 is 1.48. The molecule has 1 amide bonds. The Morgan fingerprint density at radius 2 is 2.00 bits per heavy atom. The standard InChI is InChI=1S/C24H26FN5OS/c1-24(2,23-29-17-9-3-4-10-18(17)30-23)12-6-5-11-21-28-20(15-32-21)22(31)27-14-19-16(25)8-7-13-26-19/h3-4,7-10,13,15H,5-6,11-12,14H2,1-2H3,(H,27,31)(H,29,30). The fourth-order valence-electron chi connectivity index (χ4n) is 3.57. The molecule has 0 unspecified atom stereocenters. The molecule has 3 heterocycles. The number of nitrogens with zero attached hydrogens (tertiary/aromatic N) is 3. The van der Waals surface area contributed by atoms with Crippen LogP contribution in [0.25, 0.3) is 11.0 Å². The summed E-state index contributed by atoms with van der Waals surface area (Å²) in [6.45, 7) is 4.46. The van der Waals surface area contributed by atoms with Crippen LogP contribution < -0.4 is 5.32 Å². The Morgan fingerprint density at radius 1 is 1.16 bits per heavy atom. The molecule has 0 aliphatic heterocycles. The smallest absolute Gasteiger partial charge is 0.271 e. The van der Waals surface area contributed by atoms with Crippen molar-refractivity contribution in [3.8, 4) is 0 Å². The third-order valence-corrected chi connectivity index (χ3v) is 6.42. The van der Waals surface area contributed by atoms with Gasteiger partial charge in [-0.3, -0.25) is 9.78 Å². The number of rotatable bonds is 9. The molecule has 0 atom stereocenters. The first kappa shape index (κ1) is 22.1. The number of unbranched alkanes of at least 4 members (excludes halogenated alkanes) is 1. The SMILES string of the molecule is CC(C)(CCCCc1nc(C(=O)NCc2ncccc2F)cs1)c1nc2ccccc2[nH]1. The monoisotopic (exact) mass is 451 g/mol. The number of benzene rings is 1. The first-order valence-corrected chi connectivity index (χ1v) is 11.6. The highest BCUT2D eigenvalue weighted by Gasteiger charge is 2.24. The van der Waals surface area contributed by atoms with Crippen LogP contribution in [0, 0.1) is 5.82 Å². The first-order valence-electron chi connectivity index (χ1n) is 10.7. The second-order valence-corrected chi connectivity index (χ2v) is 9.38. The summed E-state index contributed by atoms with van der Waals surface area (Å²) in [5.74, 6) is 0.261. The summed E-state index contributed by atoms with van der Waals surface area (Å²) in [5, 5.41) is 5.36. The number of carbonyl (C=O) groups excluding carboxylic acids is 1. The summed E-state index contributed by atoms with van der Waals surface area (Å²) in [5.41, 5.74) is 2.59. The Morgan fingerprint density at radius 3 is 2.81 bits per heavy atom. The number of carbonyl (C=O) groups is 1. The van der Waals surface area contributed by atoms with Crippen LogP contribution in [0.3, 0.4) is 0 Å². The predicted octanol–water partition coefficient (Wildman–Crippen LogP) is 5.17. The van der Waals surface area contributed by atoms with Crippen molar-refractivity contribution in [2.24, 2.45) is 0 Å². The molecule has 3 aromatic heterocycles. The fraction of sp³-hybridized carbons (Fsp3) is 0.333. The molecule has 4 rings (SSSR count). The van der Waals surface area contributed by atoms with Gasteiger partial charge in [-0.25, -0.2) is 14.4 Å². The summed E-state index contributed by atoms with van der Waals surface area (Å²) in [7, 11) is 0. The van der Waals surface area contributed by atoms with Gasteiger partial charge in [-0.2, -0.15) is 0 Å². The Hall–Kier alpha value is -3.13. The minimum Gasteiger partial charge on any atom is -0.345 e. The number of thiazole rings is 1. The van der Waals surface area contributed by atoms with Gasteiger partial charge in [0.25, 0.3) is 5.91 Å². The Bertz CT molecular complexity index is 1180. The number of nitrogens with one attached hydrogen (secondary N) is 2. The number of pyridine rings is 1. The van der Waals surface area contributed by atoms with Gasteiger partial charge < -0.3 is 10.3 Å². The van der Waals surface area contributed by atoms with Crippen LogP contribution in [-0.2, 0) is 18.4 Å². The van der Waals surface area contributed by atoms with Crippen LogP contribution >= 0.6 is 11.3 Å². The number of para-hydroxylation sites is 2. The number of fused-ring (bicyclic) bond motifs is 1. The maximum atomic E-state index is 13.6. The lowest BCUT2D eigenvalue weighted by Crippen LogP contribution is -2.24. The summed E-state index contributed by atoms with van der Waals surface area (Å²) in [6.07, 6.45) is 5.34. The van der Waals surface area contributed by atoms with Crippen LogP contribution in [0.5, 0.6) is 0 Å². The molecular formula is C24H26FN5OS. The zero-order valence-electron chi connectivity index (χ0n) is 18.2. The molecule has 0 bridgehead atoms. The highest BCUT2D eigenvalue weighted by atomic mass is 32.1. The topological polar surface area (TPSA) is 83.6 Å². The number of aromatic nitrogens is 4. The van der Waals surface area contributed by atoms with Gasteiger partial charge in [0.1, 0.15) is 17.3 Å². The average molecular weight is 452 g/mol. The highest BCUT2D eigenvalue weighted by Crippen LogP contribution is 2.29. The van der Waals surface area contributed by atoms with Crippen molar-refractivity contribution in [3.63, 3.8) is 0 Å². The van der Waals surface area contributed by atoms with Crippen molar-refractivity contribution < 1.29 is 9.18 Å². The lowest BCUT2D eigenvalue weighted by atomic mass is 9.86. The van der Waals surface area contributed by atoms with Crippen LogP contribution in [0.4, 0.5) is 4.39 Å². The normalized spacial score (nSPS) is 11.7. The average Bonchev–Trinajstić information content (AvgIpc) is 3.44. The number of halogens is 1. The molecule has 0 radical (unpaired) electrons. The van der Waals surface area contributed by atoms with Gasteiger partial charge in [-0.05, 0) is 43.5 Å². The number of hydrogen-bond acceptors (Lipinski definition) is 5. The van der Waals surface area contributed by atoms with E-state index in [2.05, 4.69) is 34.1 Å². The quantitative estimate of drug-likeness (QED) is 0.344.